The second-order valence-corrected chi connectivity index (χ2v) is 9.99. The van der Waals surface area contributed by atoms with Gasteiger partial charge in [-0.25, -0.2) is 13.2 Å². The first-order chi connectivity index (χ1) is 15.5. The van der Waals surface area contributed by atoms with Gasteiger partial charge < -0.3 is 5.32 Å². The minimum atomic E-state index is -3.44. The van der Waals surface area contributed by atoms with Crippen LogP contribution in [0.3, 0.4) is 0 Å². The van der Waals surface area contributed by atoms with Crippen LogP contribution in [0, 0.1) is 6.92 Å². The van der Waals surface area contributed by atoms with E-state index in [9.17, 15) is 22.8 Å². The number of carbonyl (C=O) groups is 1. The Morgan fingerprint density at radius 2 is 1.79 bits per heavy atom. The Morgan fingerprint density at radius 3 is 2.36 bits per heavy atom. The third-order valence-corrected chi connectivity index (χ3v) is 6.33. The van der Waals surface area contributed by atoms with Crippen molar-refractivity contribution in [2.24, 2.45) is 0 Å². The molecule has 3 rings (SSSR count). The molecule has 0 spiro atoms. The Kier molecular flexibility index (Phi) is 6.97. The normalized spacial score (nSPS) is 12.4. The molecule has 0 aliphatic rings. The average molecular weight is 471 g/mol. The summed E-state index contributed by atoms with van der Waals surface area (Å²) in [5.41, 5.74) is -0.0635. The van der Waals surface area contributed by atoms with E-state index in [2.05, 4.69) is 10.4 Å². The van der Waals surface area contributed by atoms with Crippen molar-refractivity contribution in [2.45, 2.75) is 44.7 Å². The molecular weight excluding hydrogens is 444 g/mol. The number of nitrogens with one attached hydrogen (secondary N) is 1. The predicted molar refractivity (Wildman–Crippen MR) is 125 cm³/mol. The van der Waals surface area contributed by atoms with Crippen molar-refractivity contribution in [2.75, 3.05) is 6.26 Å². The fourth-order valence-corrected chi connectivity index (χ4v) is 3.82. The fourth-order valence-electron chi connectivity index (χ4n) is 3.19. The van der Waals surface area contributed by atoms with E-state index in [4.69, 9.17) is 0 Å². The van der Waals surface area contributed by atoms with Gasteiger partial charge in [-0.2, -0.15) is 9.78 Å². The van der Waals surface area contributed by atoms with Crippen molar-refractivity contribution in [3.63, 3.8) is 0 Å². The lowest BCUT2D eigenvalue weighted by Crippen LogP contribution is -2.47. The Morgan fingerprint density at radius 1 is 1.12 bits per heavy atom. The van der Waals surface area contributed by atoms with Crippen molar-refractivity contribution in [1.29, 1.82) is 0 Å². The first-order valence-electron chi connectivity index (χ1n) is 10.4. The number of aryl methyl sites for hydroxylation is 1. The van der Waals surface area contributed by atoms with Gasteiger partial charge in [0.25, 0.3) is 11.5 Å². The van der Waals surface area contributed by atoms with E-state index in [0.29, 0.717) is 12.0 Å². The smallest absolute Gasteiger partial charge is 0.348 e. The first kappa shape index (κ1) is 24.1. The lowest BCUT2D eigenvalue weighted by molar-refractivity contribution is 0.0929. The van der Waals surface area contributed by atoms with Crippen molar-refractivity contribution >= 4 is 15.7 Å². The van der Waals surface area contributed by atoms with Crippen LogP contribution in [0.2, 0.25) is 0 Å². The Hall–Kier alpha value is -3.53. The van der Waals surface area contributed by atoms with E-state index in [-0.39, 0.29) is 23.2 Å². The predicted octanol–water partition coefficient (Wildman–Crippen LogP) is 1.68. The van der Waals surface area contributed by atoms with Crippen LogP contribution in [0.5, 0.6) is 0 Å². The summed E-state index contributed by atoms with van der Waals surface area (Å²) < 4.78 is 25.4. The van der Waals surface area contributed by atoms with E-state index in [0.717, 1.165) is 21.1 Å². The second kappa shape index (κ2) is 9.53. The molecule has 174 valence electrons. The molecule has 0 saturated carbocycles. The molecule has 9 nitrogen and oxygen atoms in total. The van der Waals surface area contributed by atoms with E-state index in [1.165, 1.54) is 24.3 Å². The molecule has 0 bridgehead atoms. The third kappa shape index (κ3) is 5.46. The Balaban J connectivity index is 2.20. The number of amides is 1. The number of aromatic nitrogens is 3. The molecule has 1 amide bonds. The maximum absolute atomic E-state index is 13.2. The number of nitrogens with zero attached hydrogens (tertiary/aromatic N) is 3. The SMILES string of the molecule is CC[C@H](C)NC(=O)c1nn(-c2ccc(S(C)(=O)=O)cc2)c(=O)n(Cc2cccc(C)c2)c1=O. The molecule has 1 aromatic heterocycles. The molecule has 0 fully saturated rings. The lowest BCUT2D eigenvalue weighted by Gasteiger charge is -2.14. The van der Waals surface area contributed by atoms with E-state index >= 15 is 0 Å². The highest BCUT2D eigenvalue weighted by molar-refractivity contribution is 7.90. The molecule has 10 heteroatoms. The van der Waals surface area contributed by atoms with Gasteiger partial charge >= 0.3 is 5.69 Å². The summed E-state index contributed by atoms with van der Waals surface area (Å²) in [5, 5.41) is 6.75. The summed E-state index contributed by atoms with van der Waals surface area (Å²) in [6, 6.07) is 12.6. The van der Waals surface area contributed by atoms with Gasteiger partial charge in [0.2, 0.25) is 5.69 Å². The Bertz CT molecular complexity index is 1410. The van der Waals surface area contributed by atoms with Gasteiger partial charge in [-0.1, -0.05) is 36.8 Å². The van der Waals surface area contributed by atoms with Gasteiger partial charge in [-0.3, -0.25) is 14.2 Å². The topological polar surface area (TPSA) is 120 Å². The van der Waals surface area contributed by atoms with E-state index < -0.39 is 32.7 Å². The summed E-state index contributed by atoms with van der Waals surface area (Å²) >= 11 is 0. The Labute approximate surface area is 191 Å². The summed E-state index contributed by atoms with van der Waals surface area (Å²) in [7, 11) is -3.44. The molecule has 1 atom stereocenters. The van der Waals surface area contributed by atoms with Gasteiger partial charge in [0.1, 0.15) is 0 Å². The number of hydrogen-bond donors (Lipinski definition) is 1. The third-order valence-electron chi connectivity index (χ3n) is 5.20. The minimum absolute atomic E-state index is 0.0487. The molecule has 0 unspecified atom stereocenters. The van der Waals surface area contributed by atoms with Crippen LogP contribution >= 0.6 is 0 Å². The molecule has 2 aromatic carbocycles. The van der Waals surface area contributed by atoms with Gasteiger partial charge in [0, 0.05) is 12.3 Å². The van der Waals surface area contributed by atoms with Crippen LogP contribution in [0.25, 0.3) is 5.69 Å². The van der Waals surface area contributed by atoms with Crippen LogP contribution in [-0.4, -0.2) is 41.0 Å². The minimum Gasteiger partial charge on any atom is -0.348 e. The molecular formula is C23H26N4O5S. The zero-order valence-electron chi connectivity index (χ0n) is 18.9. The van der Waals surface area contributed by atoms with Crippen molar-refractivity contribution in [1.82, 2.24) is 19.7 Å². The van der Waals surface area contributed by atoms with Gasteiger partial charge in [0.15, 0.2) is 9.84 Å². The number of hydrogen-bond acceptors (Lipinski definition) is 6. The number of rotatable bonds is 7. The standard InChI is InChI=1S/C23H26N4O5S/c1-5-16(3)24-21(28)20-22(29)26(14-17-8-6-7-15(2)13-17)23(30)27(25-20)18-9-11-19(12-10-18)33(4,31)32/h6-13,16H,5,14H2,1-4H3,(H,24,28)/t16-/m0/s1. The van der Waals surface area contributed by atoms with Crippen molar-refractivity contribution in [3.8, 4) is 5.69 Å². The summed E-state index contributed by atoms with van der Waals surface area (Å²) in [6.45, 7) is 5.53. The summed E-state index contributed by atoms with van der Waals surface area (Å²) in [4.78, 5) is 39.2. The van der Waals surface area contributed by atoms with Gasteiger partial charge in [-0.15, -0.1) is 0 Å². The molecule has 1 N–H and O–H groups in total. The number of carbonyl (C=O) groups excluding carboxylic acids is 1. The number of benzene rings is 2. The van der Waals surface area contributed by atoms with Crippen molar-refractivity contribution in [3.05, 3.63) is 86.2 Å². The zero-order valence-corrected chi connectivity index (χ0v) is 19.7. The largest absolute Gasteiger partial charge is 0.352 e. The highest BCUT2D eigenvalue weighted by atomic mass is 32.2. The quantitative estimate of drug-likeness (QED) is 0.561. The maximum atomic E-state index is 13.2. The zero-order chi connectivity index (χ0) is 24.3. The monoisotopic (exact) mass is 470 g/mol. The number of sulfone groups is 1. The van der Waals surface area contributed by atoms with Crippen LogP contribution in [0.15, 0.2) is 63.0 Å². The summed E-state index contributed by atoms with van der Waals surface area (Å²) in [5.74, 6) is -0.686. The van der Waals surface area contributed by atoms with Crippen LogP contribution in [0.1, 0.15) is 41.9 Å². The van der Waals surface area contributed by atoms with Crippen LogP contribution in [0.4, 0.5) is 0 Å². The maximum Gasteiger partial charge on any atom is 0.352 e. The van der Waals surface area contributed by atoms with Crippen LogP contribution in [-0.2, 0) is 16.4 Å². The molecule has 0 saturated heterocycles. The van der Waals surface area contributed by atoms with Crippen molar-refractivity contribution < 1.29 is 13.2 Å². The molecule has 33 heavy (non-hydrogen) atoms. The highest BCUT2D eigenvalue weighted by Crippen LogP contribution is 2.12. The molecule has 0 aliphatic carbocycles. The summed E-state index contributed by atoms with van der Waals surface area (Å²) in [6.07, 6.45) is 1.72. The first-order valence-corrected chi connectivity index (χ1v) is 12.3. The molecule has 1 heterocycles. The lowest BCUT2D eigenvalue weighted by atomic mass is 10.1. The van der Waals surface area contributed by atoms with E-state index in [1.807, 2.05) is 32.0 Å². The second-order valence-electron chi connectivity index (χ2n) is 7.97. The fraction of sp³-hybridized carbons (Fsp3) is 0.304. The average Bonchev–Trinajstić information content (AvgIpc) is 2.76. The van der Waals surface area contributed by atoms with Gasteiger partial charge in [-0.05, 0) is 50.1 Å². The highest BCUT2D eigenvalue weighted by Gasteiger charge is 2.21. The molecule has 3 aromatic rings. The van der Waals surface area contributed by atoms with E-state index in [1.54, 1.807) is 13.0 Å². The van der Waals surface area contributed by atoms with Gasteiger partial charge in [0.05, 0.1) is 17.1 Å². The molecule has 0 aliphatic heterocycles. The van der Waals surface area contributed by atoms with Crippen LogP contribution < -0.4 is 16.6 Å². The molecule has 0 radical (unpaired) electrons.